The zero-order valence-electron chi connectivity index (χ0n) is 21.0. The van der Waals surface area contributed by atoms with Gasteiger partial charge in [-0.2, -0.15) is 0 Å². The van der Waals surface area contributed by atoms with Gasteiger partial charge in [0.1, 0.15) is 22.9 Å². The molecule has 1 aliphatic heterocycles. The SMILES string of the molecule is COC(=O)CN1CCc2nc(Nc3ncc(F)c(-c4cc(F)c5nc(C)n(C(C)C)c5c4)n3)ccc2C1. The molecule has 1 N–H and O–H groups in total. The standard InChI is InChI=1S/C26H27F2N7O2/c1-14(2)35-15(3)30-25-18(27)9-17(10-21(25)35)24-19(28)11-29-26(33-24)32-22-6-5-16-12-34(13-23(36)37-4)8-7-20(16)31-22/h5-6,9-11,14H,7-8,12-13H2,1-4H3,(H,29,31,32,33). The second kappa shape index (κ2) is 9.81. The van der Waals surface area contributed by atoms with Crippen LogP contribution in [0.5, 0.6) is 0 Å². The summed E-state index contributed by atoms with van der Waals surface area (Å²) in [6.45, 7) is 7.27. The van der Waals surface area contributed by atoms with Gasteiger partial charge >= 0.3 is 5.97 Å². The van der Waals surface area contributed by atoms with Gasteiger partial charge in [-0.15, -0.1) is 0 Å². The number of carbonyl (C=O) groups is 1. The molecule has 0 saturated carbocycles. The molecule has 0 radical (unpaired) electrons. The number of pyridine rings is 1. The van der Waals surface area contributed by atoms with Crippen LogP contribution in [0.3, 0.4) is 0 Å². The normalized spacial score (nSPS) is 13.7. The minimum Gasteiger partial charge on any atom is -0.468 e. The number of nitrogens with zero attached hydrogens (tertiary/aromatic N) is 6. The summed E-state index contributed by atoms with van der Waals surface area (Å²) in [4.78, 5) is 31.0. The van der Waals surface area contributed by atoms with E-state index >= 15 is 0 Å². The van der Waals surface area contributed by atoms with Crippen molar-refractivity contribution in [1.82, 2.24) is 29.4 Å². The molecule has 0 unspecified atom stereocenters. The lowest BCUT2D eigenvalue weighted by atomic mass is 10.1. The molecule has 0 atom stereocenters. The van der Waals surface area contributed by atoms with E-state index in [-0.39, 0.29) is 35.7 Å². The Morgan fingerprint density at radius 1 is 1.16 bits per heavy atom. The predicted molar refractivity (Wildman–Crippen MR) is 134 cm³/mol. The van der Waals surface area contributed by atoms with E-state index in [9.17, 15) is 13.6 Å². The monoisotopic (exact) mass is 507 g/mol. The highest BCUT2D eigenvalue weighted by Crippen LogP contribution is 2.30. The molecule has 1 aromatic carbocycles. The lowest BCUT2D eigenvalue weighted by Crippen LogP contribution is -2.35. The van der Waals surface area contributed by atoms with Crippen molar-refractivity contribution in [3.63, 3.8) is 0 Å². The number of imidazole rings is 1. The molecule has 0 fully saturated rings. The second-order valence-corrected chi connectivity index (χ2v) is 9.30. The maximum atomic E-state index is 14.9. The summed E-state index contributed by atoms with van der Waals surface area (Å²) in [5.74, 6) is -0.157. The third-order valence-electron chi connectivity index (χ3n) is 6.41. The number of aryl methyl sites for hydroxylation is 1. The van der Waals surface area contributed by atoms with Crippen molar-refractivity contribution in [2.75, 3.05) is 25.5 Å². The average molecular weight is 508 g/mol. The summed E-state index contributed by atoms with van der Waals surface area (Å²) in [5.41, 5.74) is 3.00. The molecule has 0 bridgehead atoms. The zero-order chi connectivity index (χ0) is 26.3. The van der Waals surface area contributed by atoms with E-state index < -0.39 is 11.6 Å². The zero-order valence-corrected chi connectivity index (χ0v) is 21.0. The first kappa shape index (κ1) is 24.7. The van der Waals surface area contributed by atoms with E-state index in [1.165, 1.54) is 13.2 Å². The van der Waals surface area contributed by atoms with Gasteiger partial charge in [0, 0.05) is 36.8 Å². The van der Waals surface area contributed by atoms with E-state index in [0.717, 1.165) is 17.5 Å². The van der Waals surface area contributed by atoms with Gasteiger partial charge < -0.3 is 14.6 Å². The molecular formula is C26H27F2N7O2. The van der Waals surface area contributed by atoms with Crippen LogP contribution >= 0.6 is 0 Å². The van der Waals surface area contributed by atoms with E-state index in [0.29, 0.717) is 42.2 Å². The predicted octanol–water partition coefficient (Wildman–Crippen LogP) is 4.33. The lowest BCUT2D eigenvalue weighted by Gasteiger charge is -2.27. The maximum absolute atomic E-state index is 14.9. The van der Waals surface area contributed by atoms with Gasteiger partial charge in [-0.05, 0) is 44.5 Å². The van der Waals surface area contributed by atoms with Gasteiger partial charge in [-0.1, -0.05) is 6.07 Å². The van der Waals surface area contributed by atoms with E-state index in [1.807, 2.05) is 36.3 Å². The van der Waals surface area contributed by atoms with Crippen LogP contribution < -0.4 is 5.32 Å². The quantitative estimate of drug-likeness (QED) is 0.385. The number of fused-ring (bicyclic) bond motifs is 2. The Morgan fingerprint density at radius 2 is 1.97 bits per heavy atom. The number of carbonyl (C=O) groups excluding carboxylic acids is 1. The van der Waals surface area contributed by atoms with Crippen molar-refractivity contribution in [1.29, 1.82) is 0 Å². The second-order valence-electron chi connectivity index (χ2n) is 9.30. The number of hydrogen-bond acceptors (Lipinski definition) is 8. The summed E-state index contributed by atoms with van der Waals surface area (Å²) < 4.78 is 36.4. The van der Waals surface area contributed by atoms with Gasteiger partial charge in [0.15, 0.2) is 11.6 Å². The number of esters is 1. The maximum Gasteiger partial charge on any atom is 0.319 e. The Balaban J connectivity index is 1.42. The van der Waals surface area contributed by atoms with E-state index in [4.69, 9.17) is 4.74 Å². The highest BCUT2D eigenvalue weighted by atomic mass is 19.1. The van der Waals surface area contributed by atoms with Crippen LogP contribution in [0, 0.1) is 18.6 Å². The first-order chi connectivity index (χ1) is 17.7. The fourth-order valence-electron chi connectivity index (χ4n) is 4.73. The van der Waals surface area contributed by atoms with Crippen LogP contribution in [-0.2, 0) is 22.5 Å². The van der Waals surface area contributed by atoms with Crippen molar-refractivity contribution in [2.45, 2.75) is 39.8 Å². The van der Waals surface area contributed by atoms with Gasteiger partial charge in [-0.3, -0.25) is 9.69 Å². The average Bonchev–Trinajstić information content (AvgIpc) is 3.21. The number of benzene rings is 1. The molecule has 0 saturated heterocycles. The Kier molecular flexibility index (Phi) is 6.55. The van der Waals surface area contributed by atoms with Crippen LogP contribution in [0.1, 0.15) is 37.0 Å². The van der Waals surface area contributed by atoms with Gasteiger partial charge in [-0.25, -0.2) is 28.7 Å². The number of hydrogen-bond donors (Lipinski definition) is 1. The number of ether oxygens (including phenoxy) is 1. The molecule has 9 nitrogen and oxygen atoms in total. The molecule has 5 rings (SSSR count). The van der Waals surface area contributed by atoms with Crippen molar-refractivity contribution in [3.05, 3.63) is 59.2 Å². The fourth-order valence-corrected chi connectivity index (χ4v) is 4.73. The first-order valence-corrected chi connectivity index (χ1v) is 12.0. The van der Waals surface area contributed by atoms with E-state index in [2.05, 4.69) is 25.3 Å². The molecule has 0 aliphatic carbocycles. The largest absolute Gasteiger partial charge is 0.468 e. The highest BCUT2D eigenvalue weighted by molar-refractivity contribution is 5.83. The van der Waals surface area contributed by atoms with Crippen LogP contribution in [0.4, 0.5) is 20.5 Å². The summed E-state index contributed by atoms with van der Waals surface area (Å²) in [6.07, 6.45) is 1.72. The highest BCUT2D eigenvalue weighted by Gasteiger charge is 2.21. The Labute approximate surface area is 212 Å². The van der Waals surface area contributed by atoms with Gasteiger partial charge in [0.2, 0.25) is 5.95 Å². The van der Waals surface area contributed by atoms with Crippen molar-refractivity contribution in [2.24, 2.45) is 0 Å². The van der Waals surface area contributed by atoms with Crippen LogP contribution in [-0.4, -0.2) is 55.6 Å². The minimum absolute atomic E-state index is 0.0242. The number of halogens is 2. The fraction of sp³-hybridized carbons (Fsp3) is 0.346. The molecule has 11 heteroatoms. The minimum atomic E-state index is -0.666. The number of aromatic nitrogens is 5. The third kappa shape index (κ3) is 4.86. The summed E-state index contributed by atoms with van der Waals surface area (Å²) in [6, 6.07) is 6.70. The molecule has 0 spiro atoms. The Morgan fingerprint density at radius 3 is 2.73 bits per heavy atom. The van der Waals surface area contributed by atoms with Crippen molar-refractivity contribution >= 4 is 28.8 Å². The van der Waals surface area contributed by atoms with Crippen LogP contribution in [0.2, 0.25) is 0 Å². The smallest absolute Gasteiger partial charge is 0.319 e. The number of anilines is 2. The number of rotatable bonds is 6. The molecule has 3 aromatic heterocycles. The third-order valence-corrected chi connectivity index (χ3v) is 6.41. The van der Waals surface area contributed by atoms with Crippen molar-refractivity contribution in [3.8, 4) is 11.3 Å². The lowest BCUT2D eigenvalue weighted by molar-refractivity contribution is -0.142. The molecular weight excluding hydrogens is 480 g/mol. The summed E-state index contributed by atoms with van der Waals surface area (Å²) >= 11 is 0. The molecule has 4 heterocycles. The Hall–Kier alpha value is -3.99. The molecule has 192 valence electrons. The van der Waals surface area contributed by atoms with E-state index in [1.54, 1.807) is 12.1 Å². The molecule has 0 amide bonds. The molecule has 37 heavy (non-hydrogen) atoms. The number of nitrogens with one attached hydrogen (secondary N) is 1. The molecule has 1 aliphatic rings. The number of methoxy groups -OCH3 is 1. The molecule has 4 aromatic rings. The topological polar surface area (TPSA) is 98.1 Å². The van der Waals surface area contributed by atoms with Crippen LogP contribution in [0.25, 0.3) is 22.3 Å². The Bertz CT molecular complexity index is 1500. The first-order valence-electron chi connectivity index (χ1n) is 12.0. The van der Waals surface area contributed by atoms with Gasteiger partial charge in [0.05, 0.1) is 25.4 Å². The van der Waals surface area contributed by atoms with Crippen molar-refractivity contribution < 1.29 is 18.3 Å². The van der Waals surface area contributed by atoms with Gasteiger partial charge in [0.25, 0.3) is 0 Å². The van der Waals surface area contributed by atoms with Crippen LogP contribution in [0.15, 0.2) is 30.5 Å². The summed E-state index contributed by atoms with van der Waals surface area (Å²) in [5, 5.41) is 3.03. The summed E-state index contributed by atoms with van der Waals surface area (Å²) in [7, 11) is 1.37.